The molecule has 19 heavy (non-hydrogen) atoms. The second-order valence-electron chi connectivity index (χ2n) is 4.31. The minimum Gasteiger partial charge on any atom is -0.329 e. The highest BCUT2D eigenvalue weighted by atomic mass is 32.2. The Hall–Kier alpha value is -0.220. The first kappa shape index (κ1) is 18.8. The Labute approximate surface area is 116 Å². The molecule has 0 aromatic rings. The topological polar surface area (TPSA) is 118 Å². The molecule has 1 atom stereocenters. The van der Waals surface area contributed by atoms with Crippen LogP contribution in [0.15, 0.2) is 0 Å². The minimum absolute atomic E-state index is 0.0671. The van der Waals surface area contributed by atoms with Gasteiger partial charge in [0.1, 0.15) is 0 Å². The quantitative estimate of drug-likeness (QED) is 0.469. The third-order valence-electron chi connectivity index (χ3n) is 2.61. The van der Waals surface area contributed by atoms with Gasteiger partial charge >= 0.3 is 0 Å². The number of rotatable bonds is 11. The molecule has 0 aromatic heterocycles. The molecule has 0 aromatic carbocycles. The van der Waals surface area contributed by atoms with Crippen molar-refractivity contribution in [1.29, 1.82) is 0 Å². The van der Waals surface area contributed by atoms with Crippen molar-refractivity contribution >= 4 is 20.0 Å². The Morgan fingerprint density at radius 3 is 2.21 bits per heavy atom. The van der Waals surface area contributed by atoms with Crippen LogP contribution >= 0.6 is 0 Å². The molecule has 0 rings (SSSR count). The molecule has 7 nitrogen and oxygen atoms in total. The summed E-state index contributed by atoms with van der Waals surface area (Å²) in [5.74, 6) is -0.350. The smallest absolute Gasteiger partial charge is 0.213 e. The SMILES string of the molecule is CCCCC(CN)NS(=O)(=O)CCNS(=O)(=O)CC. The van der Waals surface area contributed by atoms with E-state index in [0.717, 1.165) is 12.8 Å². The van der Waals surface area contributed by atoms with Crippen LogP contribution in [0.5, 0.6) is 0 Å². The molecule has 0 radical (unpaired) electrons. The van der Waals surface area contributed by atoms with E-state index >= 15 is 0 Å². The Morgan fingerprint density at radius 1 is 1.11 bits per heavy atom. The lowest BCUT2D eigenvalue weighted by Crippen LogP contribution is -2.43. The fourth-order valence-electron chi connectivity index (χ4n) is 1.42. The summed E-state index contributed by atoms with van der Waals surface area (Å²) in [5, 5.41) is 0. The van der Waals surface area contributed by atoms with Crippen molar-refractivity contribution in [2.24, 2.45) is 5.73 Å². The highest BCUT2D eigenvalue weighted by molar-refractivity contribution is 7.90. The first-order valence-electron chi connectivity index (χ1n) is 6.43. The summed E-state index contributed by atoms with van der Waals surface area (Å²) >= 11 is 0. The highest BCUT2D eigenvalue weighted by Crippen LogP contribution is 2.01. The zero-order chi connectivity index (χ0) is 14.9. The summed E-state index contributed by atoms with van der Waals surface area (Å²) in [6.07, 6.45) is 2.55. The van der Waals surface area contributed by atoms with Crippen LogP contribution < -0.4 is 15.2 Å². The monoisotopic (exact) mass is 315 g/mol. The molecule has 0 spiro atoms. The second-order valence-corrected chi connectivity index (χ2v) is 8.28. The van der Waals surface area contributed by atoms with Crippen molar-refractivity contribution < 1.29 is 16.8 Å². The van der Waals surface area contributed by atoms with Gasteiger partial charge < -0.3 is 5.73 Å². The van der Waals surface area contributed by atoms with Crippen LogP contribution in [0.2, 0.25) is 0 Å². The van der Waals surface area contributed by atoms with Gasteiger partial charge in [-0.3, -0.25) is 0 Å². The van der Waals surface area contributed by atoms with Crippen molar-refractivity contribution in [3.8, 4) is 0 Å². The molecule has 0 aliphatic rings. The van der Waals surface area contributed by atoms with E-state index in [-0.39, 0.29) is 30.6 Å². The average molecular weight is 315 g/mol. The first-order chi connectivity index (χ1) is 8.76. The molecule has 0 saturated carbocycles. The van der Waals surface area contributed by atoms with Crippen LogP contribution in [0.4, 0.5) is 0 Å². The number of nitrogens with two attached hydrogens (primary N) is 1. The zero-order valence-corrected chi connectivity index (χ0v) is 13.2. The van der Waals surface area contributed by atoms with Crippen LogP contribution in [-0.4, -0.2) is 47.5 Å². The van der Waals surface area contributed by atoms with Crippen molar-refractivity contribution in [3.05, 3.63) is 0 Å². The van der Waals surface area contributed by atoms with E-state index in [9.17, 15) is 16.8 Å². The summed E-state index contributed by atoms with van der Waals surface area (Å²) in [4.78, 5) is 0. The Bertz CT molecular complexity index is 434. The fourth-order valence-corrected chi connectivity index (χ4v) is 3.38. The van der Waals surface area contributed by atoms with Crippen molar-refractivity contribution in [2.45, 2.75) is 39.2 Å². The lowest BCUT2D eigenvalue weighted by molar-refractivity contribution is 0.516. The lowest BCUT2D eigenvalue weighted by Gasteiger charge is -2.16. The molecule has 0 saturated heterocycles. The number of sulfonamides is 2. The average Bonchev–Trinajstić information content (AvgIpc) is 2.33. The van der Waals surface area contributed by atoms with Crippen molar-refractivity contribution in [3.63, 3.8) is 0 Å². The van der Waals surface area contributed by atoms with Gasteiger partial charge in [-0.15, -0.1) is 0 Å². The van der Waals surface area contributed by atoms with Gasteiger partial charge in [0.25, 0.3) is 0 Å². The predicted molar refractivity (Wildman–Crippen MR) is 76.8 cm³/mol. The summed E-state index contributed by atoms with van der Waals surface area (Å²) in [6, 6.07) is -0.285. The van der Waals surface area contributed by atoms with Crippen LogP contribution in [0.25, 0.3) is 0 Å². The maximum absolute atomic E-state index is 11.7. The van der Waals surface area contributed by atoms with E-state index in [1.54, 1.807) is 0 Å². The molecule has 0 bridgehead atoms. The number of nitrogens with one attached hydrogen (secondary N) is 2. The molecular weight excluding hydrogens is 290 g/mol. The fraction of sp³-hybridized carbons (Fsp3) is 1.00. The van der Waals surface area contributed by atoms with Gasteiger partial charge in [0.2, 0.25) is 20.0 Å². The van der Waals surface area contributed by atoms with E-state index < -0.39 is 20.0 Å². The van der Waals surface area contributed by atoms with Gasteiger partial charge in [0.15, 0.2) is 0 Å². The molecule has 0 aliphatic heterocycles. The summed E-state index contributed by atoms with van der Waals surface area (Å²) in [6.45, 7) is 3.61. The van der Waals surface area contributed by atoms with E-state index in [1.807, 2.05) is 6.92 Å². The molecule has 9 heteroatoms. The first-order valence-corrected chi connectivity index (χ1v) is 9.74. The zero-order valence-electron chi connectivity index (χ0n) is 11.6. The van der Waals surface area contributed by atoms with Crippen LogP contribution in [-0.2, 0) is 20.0 Å². The minimum atomic E-state index is -3.51. The van der Waals surface area contributed by atoms with Crippen LogP contribution in [0.3, 0.4) is 0 Å². The Kier molecular flexibility index (Phi) is 8.75. The van der Waals surface area contributed by atoms with Crippen LogP contribution in [0.1, 0.15) is 33.1 Å². The molecule has 0 fully saturated rings. The van der Waals surface area contributed by atoms with E-state index in [2.05, 4.69) is 9.44 Å². The maximum atomic E-state index is 11.7. The van der Waals surface area contributed by atoms with E-state index in [0.29, 0.717) is 6.42 Å². The molecule has 1 unspecified atom stereocenters. The standard InChI is InChI=1S/C10H25N3O4S2/c1-3-5-6-10(9-11)13-19(16,17)8-7-12-18(14,15)4-2/h10,12-13H,3-9,11H2,1-2H3. The Balaban J connectivity index is 4.24. The third-order valence-corrected chi connectivity index (χ3v) is 5.45. The predicted octanol–water partition coefficient (Wildman–Crippen LogP) is -0.637. The Morgan fingerprint density at radius 2 is 1.74 bits per heavy atom. The third kappa shape index (κ3) is 9.33. The van der Waals surface area contributed by atoms with Gasteiger partial charge in [0.05, 0.1) is 11.5 Å². The van der Waals surface area contributed by atoms with Gasteiger partial charge in [-0.25, -0.2) is 26.3 Å². The van der Waals surface area contributed by atoms with Crippen molar-refractivity contribution in [2.75, 3.05) is 24.6 Å². The van der Waals surface area contributed by atoms with Crippen molar-refractivity contribution in [1.82, 2.24) is 9.44 Å². The van der Waals surface area contributed by atoms with Gasteiger partial charge in [-0.2, -0.15) is 0 Å². The van der Waals surface area contributed by atoms with Gasteiger partial charge in [-0.1, -0.05) is 19.8 Å². The largest absolute Gasteiger partial charge is 0.329 e. The normalized spacial score (nSPS) is 14.5. The summed E-state index contributed by atoms with van der Waals surface area (Å²) in [5.41, 5.74) is 5.50. The number of hydrogen-bond donors (Lipinski definition) is 3. The van der Waals surface area contributed by atoms with E-state index in [4.69, 9.17) is 5.73 Å². The number of unbranched alkanes of at least 4 members (excludes halogenated alkanes) is 1. The molecule has 0 amide bonds. The molecule has 4 N–H and O–H groups in total. The molecular formula is C10H25N3O4S2. The second kappa shape index (κ2) is 8.85. The summed E-state index contributed by atoms with van der Waals surface area (Å²) < 4.78 is 50.5. The van der Waals surface area contributed by atoms with Crippen LogP contribution in [0, 0.1) is 0 Å². The lowest BCUT2D eigenvalue weighted by atomic mass is 10.1. The van der Waals surface area contributed by atoms with E-state index in [1.165, 1.54) is 6.92 Å². The summed E-state index contributed by atoms with van der Waals surface area (Å²) in [7, 11) is -6.87. The van der Waals surface area contributed by atoms with Gasteiger partial charge in [0, 0.05) is 19.1 Å². The number of hydrogen-bond acceptors (Lipinski definition) is 5. The molecule has 0 heterocycles. The van der Waals surface area contributed by atoms with Gasteiger partial charge in [-0.05, 0) is 13.3 Å². The molecule has 0 aliphatic carbocycles. The maximum Gasteiger partial charge on any atom is 0.213 e. The highest BCUT2D eigenvalue weighted by Gasteiger charge is 2.17. The molecule has 116 valence electrons.